The van der Waals surface area contributed by atoms with Gasteiger partial charge in [-0.1, -0.05) is 0 Å². The lowest BCUT2D eigenvalue weighted by Gasteiger charge is -2.20. The number of thiol groups is 1. The van der Waals surface area contributed by atoms with Crippen LogP contribution in [0.4, 0.5) is 0 Å². The molecular weight excluding hydrogens is 290 g/mol. The summed E-state index contributed by atoms with van der Waals surface area (Å²) in [6.07, 6.45) is -0.691. The topological polar surface area (TPSA) is 159 Å². The van der Waals surface area contributed by atoms with Gasteiger partial charge in [-0.25, -0.2) is 0 Å². The summed E-state index contributed by atoms with van der Waals surface area (Å²) in [4.78, 5) is 44.5. The zero-order valence-corrected chi connectivity index (χ0v) is 11.6. The Morgan fingerprint density at radius 3 is 2.10 bits per heavy atom. The Bertz CT molecular complexity index is 402. The molecule has 0 rings (SSSR count). The third-order valence-corrected chi connectivity index (χ3v) is 2.67. The summed E-state index contributed by atoms with van der Waals surface area (Å²) in [6.45, 7) is 1.21. The van der Waals surface area contributed by atoms with Crippen molar-refractivity contribution >= 4 is 36.4 Å². The molecule has 0 fully saturated rings. The fourth-order valence-electron chi connectivity index (χ4n) is 1.12. The number of hydrogen-bond acceptors (Lipinski definition) is 6. The number of nitrogens with two attached hydrogens (primary N) is 1. The largest absolute Gasteiger partial charge is 0.481 e. The third-order valence-electron chi connectivity index (χ3n) is 2.27. The van der Waals surface area contributed by atoms with E-state index < -0.39 is 48.3 Å². The highest BCUT2D eigenvalue weighted by molar-refractivity contribution is 7.80. The molecule has 0 aromatic rings. The number of rotatable bonds is 8. The van der Waals surface area contributed by atoms with Crippen molar-refractivity contribution in [3.05, 3.63) is 0 Å². The summed E-state index contributed by atoms with van der Waals surface area (Å²) >= 11 is 3.80. The highest BCUT2D eigenvalue weighted by Crippen LogP contribution is 1.97. The maximum atomic E-state index is 11.7. The predicted octanol–water partition coefficient (Wildman–Crippen LogP) is -2.21. The van der Waals surface area contributed by atoms with Gasteiger partial charge in [0.25, 0.3) is 0 Å². The SMILES string of the molecule is CC(NC(=O)C(CC(=O)O)NC(=O)C(N)CS)C(=O)O. The van der Waals surface area contributed by atoms with Crippen LogP contribution in [0.5, 0.6) is 0 Å². The number of carboxylic acids is 2. The van der Waals surface area contributed by atoms with E-state index in [1.165, 1.54) is 6.92 Å². The van der Waals surface area contributed by atoms with E-state index in [-0.39, 0.29) is 5.75 Å². The van der Waals surface area contributed by atoms with Crippen molar-refractivity contribution in [3.63, 3.8) is 0 Å². The number of amides is 2. The molecule has 0 radical (unpaired) electrons. The van der Waals surface area contributed by atoms with E-state index in [0.29, 0.717) is 0 Å². The van der Waals surface area contributed by atoms with Gasteiger partial charge < -0.3 is 26.6 Å². The average molecular weight is 307 g/mol. The number of carbonyl (C=O) groups is 4. The van der Waals surface area contributed by atoms with Crippen molar-refractivity contribution < 1.29 is 29.4 Å². The first-order valence-electron chi connectivity index (χ1n) is 5.60. The highest BCUT2D eigenvalue weighted by Gasteiger charge is 2.27. The van der Waals surface area contributed by atoms with Crippen LogP contribution in [0.3, 0.4) is 0 Å². The molecule has 9 nitrogen and oxygen atoms in total. The molecule has 0 bridgehead atoms. The van der Waals surface area contributed by atoms with E-state index in [4.69, 9.17) is 15.9 Å². The van der Waals surface area contributed by atoms with Gasteiger partial charge in [0.05, 0.1) is 12.5 Å². The molecule has 0 spiro atoms. The van der Waals surface area contributed by atoms with Crippen LogP contribution in [-0.2, 0) is 19.2 Å². The molecule has 0 aliphatic rings. The van der Waals surface area contributed by atoms with Crippen LogP contribution < -0.4 is 16.4 Å². The van der Waals surface area contributed by atoms with E-state index in [1.807, 2.05) is 0 Å². The van der Waals surface area contributed by atoms with Gasteiger partial charge in [0.1, 0.15) is 12.1 Å². The minimum Gasteiger partial charge on any atom is -0.481 e. The summed E-state index contributed by atoms with van der Waals surface area (Å²) in [5, 5.41) is 21.6. The minimum absolute atomic E-state index is 0.0127. The standard InChI is InChI=1S/C10H17N3O6S/c1-4(10(18)19)12-9(17)6(2-7(14)15)13-8(16)5(11)3-20/h4-6,20H,2-3,11H2,1H3,(H,12,17)(H,13,16)(H,14,15)(H,18,19). The Hall–Kier alpha value is -1.81. The molecule has 6 N–H and O–H groups in total. The Kier molecular flexibility index (Phi) is 7.62. The second-order valence-electron chi connectivity index (χ2n) is 4.02. The lowest BCUT2D eigenvalue weighted by molar-refractivity contribution is -0.143. The van der Waals surface area contributed by atoms with Crippen LogP contribution in [0, 0.1) is 0 Å². The molecule has 0 aromatic heterocycles. The molecular formula is C10H17N3O6S. The lowest BCUT2D eigenvalue weighted by atomic mass is 10.1. The Morgan fingerprint density at radius 1 is 1.15 bits per heavy atom. The first kappa shape index (κ1) is 18.2. The minimum atomic E-state index is -1.41. The summed E-state index contributed by atoms with van der Waals surface area (Å²) in [5.74, 6) is -4.26. The first-order valence-corrected chi connectivity index (χ1v) is 6.24. The highest BCUT2D eigenvalue weighted by atomic mass is 32.1. The maximum absolute atomic E-state index is 11.7. The number of aliphatic carboxylic acids is 2. The third kappa shape index (κ3) is 6.38. The van der Waals surface area contributed by atoms with Crippen LogP contribution >= 0.6 is 12.6 Å². The summed E-state index contributed by atoms with van der Waals surface area (Å²) in [6, 6.07) is -3.62. The van der Waals surface area contributed by atoms with Crippen molar-refractivity contribution in [3.8, 4) is 0 Å². The van der Waals surface area contributed by atoms with Crippen LogP contribution in [0.1, 0.15) is 13.3 Å². The molecule has 0 heterocycles. The van der Waals surface area contributed by atoms with Gasteiger partial charge in [-0.2, -0.15) is 12.6 Å². The van der Waals surface area contributed by atoms with E-state index >= 15 is 0 Å². The number of hydrogen-bond donors (Lipinski definition) is 6. The van der Waals surface area contributed by atoms with Crippen molar-refractivity contribution in [2.45, 2.75) is 31.5 Å². The molecule has 0 saturated carbocycles. The smallest absolute Gasteiger partial charge is 0.325 e. The molecule has 10 heteroatoms. The maximum Gasteiger partial charge on any atom is 0.325 e. The molecule has 3 unspecified atom stereocenters. The van der Waals surface area contributed by atoms with Crippen molar-refractivity contribution in [2.75, 3.05) is 5.75 Å². The number of carbonyl (C=O) groups excluding carboxylic acids is 2. The van der Waals surface area contributed by atoms with E-state index in [1.54, 1.807) is 0 Å². The van der Waals surface area contributed by atoms with Crippen molar-refractivity contribution in [2.24, 2.45) is 5.73 Å². The summed E-state index contributed by atoms with van der Waals surface area (Å²) < 4.78 is 0. The monoisotopic (exact) mass is 307 g/mol. The molecule has 3 atom stereocenters. The van der Waals surface area contributed by atoms with Crippen LogP contribution in [0.25, 0.3) is 0 Å². The Labute approximate surface area is 120 Å². The van der Waals surface area contributed by atoms with Gasteiger partial charge in [-0.3, -0.25) is 19.2 Å². The van der Waals surface area contributed by atoms with Crippen LogP contribution in [-0.4, -0.2) is 57.8 Å². The number of carboxylic acid groups (broad SMARTS) is 2. The Morgan fingerprint density at radius 2 is 1.70 bits per heavy atom. The zero-order valence-electron chi connectivity index (χ0n) is 10.7. The lowest BCUT2D eigenvalue weighted by Crippen LogP contribution is -2.54. The first-order chi connectivity index (χ1) is 9.18. The Balaban J connectivity index is 4.79. The molecule has 2 amide bonds. The van der Waals surface area contributed by atoms with Gasteiger partial charge >= 0.3 is 11.9 Å². The second-order valence-corrected chi connectivity index (χ2v) is 4.38. The van der Waals surface area contributed by atoms with Crippen molar-refractivity contribution in [1.29, 1.82) is 0 Å². The second kappa shape index (κ2) is 8.38. The summed E-state index contributed by atoms with van der Waals surface area (Å²) in [7, 11) is 0. The van der Waals surface area contributed by atoms with Gasteiger partial charge in [0.15, 0.2) is 0 Å². The van der Waals surface area contributed by atoms with Gasteiger partial charge in [0, 0.05) is 5.75 Å². The fraction of sp³-hybridized carbons (Fsp3) is 0.600. The normalized spacial score (nSPS) is 14.8. The van der Waals surface area contributed by atoms with E-state index in [2.05, 4.69) is 23.3 Å². The quantitative estimate of drug-likeness (QED) is 0.277. The molecule has 0 aliphatic carbocycles. The summed E-state index contributed by atoms with van der Waals surface area (Å²) in [5.41, 5.74) is 5.38. The molecule has 114 valence electrons. The van der Waals surface area contributed by atoms with Crippen molar-refractivity contribution in [1.82, 2.24) is 10.6 Å². The molecule has 0 saturated heterocycles. The van der Waals surface area contributed by atoms with Crippen LogP contribution in [0.2, 0.25) is 0 Å². The predicted molar refractivity (Wildman–Crippen MR) is 71.3 cm³/mol. The van der Waals surface area contributed by atoms with E-state index in [9.17, 15) is 19.2 Å². The average Bonchev–Trinajstić information content (AvgIpc) is 2.35. The van der Waals surface area contributed by atoms with Gasteiger partial charge in [-0.05, 0) is 6.92 Å². The van der Waals surface area contributed by atoms with Crippen LogP contribution in [0.15, 0.2) is 0 Å². The van der Waals surface area contributed by atoms with E-state index in [0.717, 1.165) is 0 Å². The number of nitrogens with one attached hydrogen (secondary N) is 2. The zero-order chi connectivity index (χ0) is 15.9. The molecule has 0 aromatic carbocycles. The van der Waals surface area contributed by atoms with Gasteiger partial charge in [0.2, 0.25) is 11.8 Å². The van der Waals surface area contributed by atoms with Gasteiger partial charge in [-0.15, -0.1) is 0 Å². The molecule has 0 aliphatic heterocycles. The molecule has 20 heavy (non-hydrogen) atoms. The fourth-order valence-corrected chi connectivity index (χ4v) is 1.29.